The summed E-state index contributed by atoms with van der Waals surface area (Å²) in [7, 11) is -1.25. The topological polar surface area (TPSA) is 70.6 Å². The lowest BCUT2D eigenvalue weighted by Crippen LogP contribution is -2.53. The molecule has 0 bridgehead atoms. The first-order valence-corrected chi connectivity index (χ1v) is 10.1. The number of nitrogens with zero attached hydrogens (tertiary/aromatic N) is 3. The van der Waals surface area contributed by atoms with Gasteiger partial charge in [0.2, 0.25) is 15.9 Å². The number of carbonyl (C=O) groups excluding carboxylic acids is 1. The number of aromatic nitrogens is 1. The number of likely N-dealkylation sites (N-methyl/N-ethyl adjacent to an activating group) is 1. The van der Waals surface area contributed by atoms with Gasteiger partial charge in [-0.3, -0.25) is 9.78 Å². The van der Waals surface area contributed by atoms with E-state index in [0.717, 1.165) is 37.7 Å². The van der Waals surface area contributed by atoms with Gasteiger partial charge in [0, 0.05) is 38.1 Å². The van der Waals surface area contributed by atoms with Crippen LogP contribution in [0.5, 0.6) is 0 Å². The summed E-state index contributed by atoms with van der Waals surface area (Å²) in [4.78, 5) is 18.7. The molecular weight excluding hydrogens is 326 g/mol. The van der Waals surface area contributed by atoms with Crippen LogP contribution in [0.4, 0.5) is 0 Å². The van der Waals surface area contributed by atoms with Crippen LogP contribution in [0.25, 0.3) is 0 Å². The van der Waals surface area contributed by atoms with E-state index in [0.29, 0.717) is 13.1 Å². The molecule has 1 aromatic heterocycles. The van der Waals surface area contributed by atoms with Crippen LogP contribution in [0.3, 0.4) is 0 Å². The van der Waals surface area contributed by atoms with Crippen molar-refractivity contribution in [1.82, 2.24) is 14.2 Å². The molecule has 0 radical (unpaired) electrons. The quantitative estimate of drug-likeness (QED) is 0.826. The van der Waals surface area contributed by atoms with Gasteiger partial charge in [-0.1, -0.05) is 6.07 Å². The molecule has 1 atom stereocenters. The van der Waals surface area contributed by atoms with E-state index in [1.165, 1.54) is 0 Å². The van der Waals surface area contributed by atoms with E-state index in [1.807, 2.05) is 24.1 Å². The van der Waals surface area contributed by atoms with Crippen LogP contribution in [0.2, 0.25) is 0 Å². The average molecular weight is 349 g/mol. The van der Waals surface area contributed by atoms with Gasteiger partial charge in [-0.2, -0.15) is 0 Å². The lowest BCUT2D eigenvalue weighted by Gasteiger charge is -2.43. The van der Waals surface area contributed by atoms with Gasteiger partial charge in [-0.05, 0) is 43.7 Å². The van der Waals surface area contributed by atoms with Gasteiger partial charge >= 0.3 is 0 Å². The minimum atomic E-state index is -3.11. The number of amides is 1. The second kappa shape index (κ2) is 5.52. The van der Waals surface area contributed by atoms with Crippen LogP contribution >= 0.6 is 0 Å². The maximum Gasteiger partial charge on any atom is 0.230 e. The Balaban J connectivity index is 1.52. The number of hydrogen-bond donors (Lipinski definition) is 0. The largest absolute Gasteiger partial charge is 0.339 e. The zero-order valence-corrected chi connectivity index (χ0v) is 14.7. The highest BCUT2D eigenvalue weighted by Gasteiger charge is 2.52. The van der Waals surface area contributed by atoms with Crippen LogP contribution < -0.4 is 0 Å². The fraction of sp³-hybridized carbons (Fsp3) is 0.647. The van der Waals surface area contributed by atoms with E-state index in [2.05, 4.69) is 4.98 Å². The van der Waals surface area contributed by atoms with Crippen molar-refractivity contribution in [2.24, 2.45) is 0 Å². The van der Waals surface area contributed by atoms with E-state index >= 15 is 0 Å². The average Bonchev–Trinajstić information content (AvgIpc) is 3.42. The Kier molecular flexibility index (Phi) is 3.69. The summed E-state index contributed by atoms with van der Waals surface area (Å²) >= 11 is 0. The lowest BCUT2D eigenvalue weighted by atomic mass is 9.82. The Labute approximate surface area is 142 Å². The molecule has 1 spiro atoms. The second-order valence-electron chi connectivity index (χ2n) is 7.31. The normalized spacial score (nSPS) is 27.8. The Morgan fingerprint density at radius 1 is 1.25 bits per heavy atom. The third-order valence-corrected chi connectivity index (χ3v) is 8.37. The fourth-order valence-electron chi connectivity index (χ4n) is 4.19. The first-order valence-electron chi connectivity index (χ1n) is 8.61. The zero-order valence-electron chi connectivity index (χ0n) is 13.9. The van der Waals surface area contributed by atoms with Crippen molar-refractivity contribution in [1.29, 1.82) is 0 Å². The summed E-state index contributed by atoms with van der Waals surface area (Å²) < 4.78 is 26.5. The Morgan fingerprint density at radius 2 is 1.96 bits per heavy atom. The molecule has 0 N–H and O–H groups in total. The van der Waals surface area contributed by atoms with E-state index in [1.54, 1.807) is 16.7 Å². The van der Waals surface area contributed by atoms with Gasteiger partial charge in [0.25, 0.3) is 0 Å². The van der Waals surface area contributed by atoms with Gasteiger partial charge < -0.3 is 4.90 Å². The van der Waals surface area contributed by atoms with Crippen molar-refractivity contribution in [2.75, 3.05) is 20.1 Å². The molecule has 7 heteroatoms. The van der Waals surface area contributed by atoms with Crippen LogP contribution in [-0.4, -0.2) is 59.4 Å². The molecule has 1 saturated carbocycles. The minimum absolute atomic E-state index is 0.126. The summed E-state index contributed by atoms with van der Waals surface area (Å²) in [6, 6.07) is 3.81. The Bertz CT molecular complexity index is 738. The molecule has 0 unspecified atom stereocenters. The summed E-state index contributed by atoms with van der Waals surface area (Å²) in [5.74, 6) is -0.0308. The van der Waals surface area contributed by atoms with Gasteiger partial charge in [0.1, 0.15) is 0 Å². The smallest absolute Gasteiger partial charge is 0.230 e. The third kappa shape index (κ3) is 2.45. The molecular formula is C17H23N3O3S. The maximum atomic E-state index is 12.7. The highest BCUT2D eigenvalue weighted by atomic mass is 32.2. The molecule has 4 rings (SSSR count). The van der Waals surface area contributed by atoms with Crippen LogP contribution in [-0.2, 0) is 14.8 Å². The number of sulfonamides is 1. The van der Waals surface area contributed by atoms with Gasteiger partial charge in [0.15, 0.2) is 0 Å². The molecule has 6 nitrogen and oxygen atoms in total. The molecule has 130 valence electrons. The number of carbonyl (C=O) groups is 1. The lowest BCUT2D eigenvalue weighted by molar-refractivity contribution is -0.131. The minimum Gasteiger partial charge on any atom is -0.339 e. The number of pyridine rings is 1. The van der Waals surface area contributed by atoms with Crippen molar-refractivity contribution in [3.05, 3.63) is 30.1 Å². The number of hydrogen-bond acceptors (Lipinski definition) is 4. The molecule has 0 aromatic carbocycles. The summed E-state index contributed by atoms with van der Waals surface area (Å²) in [6.07, 6.45) is 7.27. The SMILES string of the molecule is CN1C(=O)[C@@H](c2cccnc2)CC12CCN(S(=O)(=O)C1CC1)CC2. The Hall–Kier alpha value is -1.47. The summed E-state index contributed by atoms with van der Waals surface area (Å²) in [6.45, 7) is 1.05. The number of likely N-dealkylation sites (tertiary alicyclic amines) is 1. The van der Waals surface area contributed by atoms with Gasteiger partial charge in [0.05, 0.1) is 11.2 Å². The molecule has 3 fully saturated rings. The zero-order chi connectivity index (χ0) is 16.9. The van der Waals surface area contributed by atoms with Gasteiger partial charge in [-0.15, -0.1) is 0 Å². The maximum absolute atomic E-state index is 12.7. The van der Waals surface area contributed by atoms with Crippen molar-refractivity contribution in [3.63, 3.8) is 0 Å². The highest BCUT2D eigenvalue weighted by Crippen LogP contribution is 2.45. The predicted molar refractivity (Wildman–Crippen MR) is 89.8 cm³/mol. The standard InChI is InChI=1S/C17H23N3O3S/c1-19-16(21)15(13-3-2-8-18-12-13)11-17(19)6-9-20(10-7-17)24(22,23)14-4-5-14/h2-3,8,12,14-15H,4-7,9-11H2,1H3/t15-/m1/s1. The van der Waals surface area contributed by atoms with Gasteiger partial charge in [-0.25, -0.2) is 12.7 Å². The molecule has 3 heterocycles. The number of piperidine rings is 1. The molecule has 2 aliphatic heterocycles. The molecule has 2 saturated heterocycles. The van der Waals surface area contributed by atoms with Crippen LogP contribution in [0.15, 0.2) is 24.5 Å². The number of rotatable bonds is 3. The summed E-state index contributed by atoms with van der Waals surface area (Å²) in [5, 5.41) is -0.155. The predicted octanol–water partition coefficient (Wildman–Crippen LogP) is 1.35. The third-order valence-electron chi connectivity index (χ3n) is 5.97. The van der Waals surface area contributed by atoms with E-state index in [4.69, 9.17) is 0 Å². The van der Waals surface area contributed by atoms with Crippen LogP contribution in [0.1, 0.15) is 43.6 Å². The first-order chi connectivity index (χ1) is 11.4. The second-order valence-corrected chi connectivity index (χ2v) is 9.52. The Morgan fingerprint density at radius 3 is 2.54 bits per heavy atom. The van der Waals surface area contributed by atoms with E-state index in [9.17, 15) is 13.2 Å². The highest BCUT2D eigenvalue weighted by molar-refractivity contribution is 7.90. The van der Waals surface area contributed by atoms with Crippen molar-refractivity contribution in [2.45, 2.75) is 48.8 Å². The van der Waals surface area contributed by atoms with Crippen molar-refractivity contribution in [3.8, 4) is 0 Å². The fourth-order valence-corrected chi connectivity index (χ4v) is 6.03. The molecule has 1 amide bonds. The molecule has 24 heavy (non-hydrogen) atoms. The molecule has 1 aliphatic carbocycles. The molecule has 3 aliphatic rings. The van der Waals surface area contributed by atoms with E-state index < -0.39 is 10.0 Å². The van der Waals surface area contributed by atoms with E-state index in [-0.39, 0.29) is 22.6 Å². The summed E-state index contributed by atoms with van der Waals surface area (Å²) in [5.41, 5.74) is 0.743. The van der Waals surface area contributed by atoms with Crippen LogP contribution in [0, 0.1) is 0 Å². The monoisotopic (exact) mass is 349 g/mol. The molecule has 1 aromatic rings. The van der Waals surface area contributed by atoms with Crippen molar-refractivity contribution < 1.29 is 13.2 Å². The van der Waals surface area contributed by atoms with Crippen molar-refractivity contribution >= 4 is 15.9 Å². The first kappa shape index (κ1) is 16.0.